The van der Waals surface area contributed by atoms with Crippen LogP contribution in [-0.2, 0) is 17.8 Å². The smallest absolute Gasteiger partial charge is 0.191 e. The number of halogens is 1. The number of benzene rings is 1. The number of hydrogen-bond donors (Lipinski definition) is 2. The molecular formula is C25H37IN6O. The van der Waals surface area contributed by atoms with Crippen molar-refractivity contribution >= 4 is 35.8 Å². The summed E-state index contributed by atoms with van der Waals surface area (Å²) in [5.74, 6) is 1.90. The lowest BCUT2D eigenvalue weighted by atomic mass is 10.2. The third-order valence-corrected chi connectivity index (χ3v) is 6.20. The van der Waals surface area contributed by atoms with Gasteiger partial charge in [0.15, 0.2) is 5.96 Å². The Morgan fingerprint density at radius 1 is 1.15 bits per heavy atom. The SMILES string of the molecule is CCNC(=NCc1cccnc1N1CCOCC1)NC1CC(C)N(Cc2ccccc2)C1.I. The van der Waals surface area contributed by atoms with Crippen LogP contribution in [0.3, 0.4) is 0 Å². The molecule has 1 aromatic heterocycles. The van der Waals surface area contributed by atoms with Crippen molar-refractivity contribution in [1.82, 2.24) is 20.5 Å². The van der Waals surface area contributed by atoms with Gasteiger partial charge in [-0.3, -0.25) is 4.90 Å². The number of ether oxygens (including phenoxy) is 1. The molecule has 3 heterocycles. The van der Waals surface area contributed by atoms with E-state index in [1.165, 1.54) is 5.56 Å². The van der Waals surface area contributed by atoms with Crippen LogP contribution in [0.5, 0.6) is 0 Å². The Hall–Kier alpha value is -1.91. The van der Waals surface area contributed by atoms with Gasteiger partial charge in [0.1, 0.15) is 5.82 Å². The molecular weight excluding hydrogens is 527 g/mol. The van der Waals surface area contributed by atoms with E-state index in [-0.39, 0.29) is 24.0 Å². The zero-order valence-electron chi connectivity index (χ0n) is 19.7. The summed E-state index contributed by atoms with van der Waals surface area (Å²) >= 11 is 0. The summed E-state index contributed by atoms with van der Waals surface area (Å²) in [6, 6.07) is 15.8. The fourth-order valence-corrected chi connectivity index (χ4v) is 4.53. The average Bonchev–Trinajstić information content (AvgIpc) is 3.17. The number of aliphatic imine (C=N–C) groups is 1. The van der Waals surface area contributed by atoms with Gasteiger partial charge in [0.25, 0.3) is 0 Å². The largest absolute Gasteiger partial charge is 0.378 e. The van der Waals surface area contributed by atoms with Crippen molar-refractivity contribution < 1.29 is 4.74 Å². The first-order valence-electron chi connectivity index (χ1n) is 11.8. The van der Waals surface area contributed by atoms with Gasteiger partial charge in [0.05, 0.1) is 19.8 Å². The number of guanidine groups is 1. The van der Waals surface area contributed by atoms with Crippen LogP contribution in [0, 0.1) is 0 Å². The maximum atomic E-state index is 5.50. The van der Waals surface area contributed by atoms with Gasteiger partial charge in [0.2, 0.25) is 0 Å². The van der Waals surface area contributed by atoms with Crippen LogP contribution in [0.2, 0.25) is 0 Å². The van der Waals surface area contributed by atoms with Crippen LogP contribution >= 0.6 is 24.0 Å². The molecule has 33 heavy (non-hydrogen) atoms. The normalized spacial score (nSPS) is 21.5. The van der Waals surface area contributed by atoms with Crippen molar-refractivity contribution in [1.29, 1.82) is 0 Å². The second kappa shape index (κ2) is 13.1. The monoisotopic (exact) mass is 564 g/mol. The molecule has 2 atom stereocenters. The average molecular weight is 565 g/mol. The van der Waals surface area contributed by atoms with E-state index in [0.717, 1.165) is 69.7 Å². The van der Waals surface area contributed by atoms with E-state index in [2.05, 4.69) is 75.7 Å². The Balaban J connectivity index is 0.00000306. The Bertz CT molecular complexity index is 874. The lowest BCUT2D eigenvalue weighted by Gasteiger charge is -2.29. The number of likely N-dealkylation sites (tertiary alicyclic amines) is 1. The predicted molar refractivity (Wildman–Crippen MR) is 145 cm³/mol. The van der Waals surface area contributed by atoms with Crippen molar-refractivity contribution in [3.05, 3.63) is 59.8 Å². The van der Waals surface area contributed by atoms with Gasteiger partial charge in [-0.25, -0.2) is 9.98 Å². The van der Waals surface area contributed by atoms with E-state index >= 15 is 0 Å². The molecule has 0 saturated carbocycles. The number of nitrogens with zero attached hydrogens (tertiary/aromatic N) is 4. The van der Waals surface area contributed by atoms with Crippen LogP contribution in [0.15, 0.2) is 53.7 Å². The molecule has 1 aromatic carbocycles. The summed E-state index contributed by atoms with van der Waals surface area (Å²) in [6.45, 7) is 11.1. The summed E-state index contributed by atoms with van der Waals surface area (Å²) in [5.41, 5.74) is 2.52. The highest BCUT2D eigenvalue weighted by Gasteiger charge is 2.29. The number of nitrogens with one attached hydrogen (secondary N) is 2. The minimum atomic E-state index is 0. The molecule has 2 aliphatic rings. The summed E-state index contributed by atoms with van der Waals surface area (Å²) in [6.07, 6.45) is 2.98. The highest BCUT2D eigenvalue weighted by atomic mass is 127. The van der Waals surface area contributed by atoms with Gasteiger partial charge >= 0.3 is 0 Å². The van der Waals surface area contributed by atoms with E-state index in [1.807, 2.05) is 12.3 Å². The van der Waals surface area contributed by atoms with E-state index < -0.39 is 0 Å². The first-order chi connectivity index (χ1) is 15.7. The van der Waals surface area contributed by atoms with Gasteiger partial charge in [-0.2, -0.15) is 0 Å². The van der Waals surface area contributed by atoms with Gasteiger partial charge in [-0.15, -0.1) is 24.0 Å². The molecule has 2 saturated heterocycles. The Morgan fingerprint density at radius 2 is 1.94 bits per heavy atom. The number of anilines is 1. The molecule has 2 aliphatic heterocycles. The molecule has 2 fully saturated rings. The quantitative estimate of drug-likeness (QED) is 0.306. The van der Waals surface area contributed by atoms with Gasteiger partial charge in [-0.05, 0) is 31.9 Å². The maximum absolute atomic E-state index is 5.50. The topological polar surface area (TPSA) is 65.0 Å². The van der Waals surface area contributed by atoms with Crippen molar-refractivity contribution in [3.63, 3.8) is 0 Å². The molecule has 0 spiro atoms. The standard InChI is InChI=1S/C25H36N6O.HI/c1-3-26-25(28-17-22-10-7-11-27-24(22)30-12-14-32-15-13-30)29-23-16-20(2)31(19-23)18-21-8-5-4-6-9-21;/h4-11,20,23H,3,12-19H2,1-2H3,(H2,26,28,29);1H. The minimum Gasteiger partial charge on any atom is -0.378 e. The molecule has 0 radical (unpaired) electrons. The van der Waals surface area contributed by atoms with Crippen molar-refractivity contribution in [2.24, 2.45) is 4.99 Å². The number of pyridine rings is 1. The van der Waals surface area contributed by atoms with Crippen LogP contribution in [-0.4, -0.2) is 67.3 Å². The third-order valence-electron chi connectivity index (χ3n) is 6.20. The summed E-state index contributed by atoms with van der Waals surface area (Å²) in [7, 11) is 0. The second-order valence-corrected chi connectivity index (χ2v) is 8.62. The van der Waals surface area contributed by atoms with Crippen LogP contribution < -0.4 is 15.5 Å². The van der Waals surface area contributed by atoms with E-state index in [1.54, 1.807) is 0 Å². The maximum Gasteiger partial charge on any atom is 0.191 e. The lowest BCUT2D eigenvalue weighted by Crippen LogP contribution is -2.44. The van der Waals surface area contributed by atoms with Crippen LogP contribution in [0.25, 0.3) is 0 Å². The fourth-order valence-electron chi connectivity index (χ4n) is 4.53. The van der Waals surface area contributed by atoms with Gasteiger partial charge < -0.3 is 20.3 Å². The zero-order valence-corrected chi connectivity index (χ0v) is 22.1. The number of hydrogen-bond acceptors (Lipinski definition) is 5. The summed E-state index contributed by atoms with van der Waals surface area (Å²) < 4.78 is 5.50. The number of rotatable bonds is 7. The van der Waals surface area contributed by atoms with Crippen molar-refractivity contribution in [3.8, 4) is 0 Å². The van der Waals surface area contributed by atoms with Crippen LogP contribution in [0.4, 0.5) is 5.82 Å². The lowest BCUT2D eigenvalue weighted by molar-refractivity contribution is 0.122. The van der Waals surface area contributed by atoms with Crippen molar-refractivity contribution in [2.45, 2.75) is 45.4 Å². The highest BCUT2D eigenvalue weighted by Crippen LogP contribution is 2.21. The van der Waals surface area contributed by atoms with Gasteiger partial charge in [-0.1, -0.05) is 36.4 Å². The van der Waals surface area contributed by atoms with Crippen LogP contribution in [0.1, 0.15) is 31.4 Å². The third kappa shape index (κ3) is 7.28. The van der Waals surface area contributed by atoms with Crippen molar-refractivity contribution in [2.75, 3.05) is 44.3 Å². The molecule has 2 unspecified atom stereocenters. The van der Waals surface area contributed by atoms with E-state index in [4.69, 9.17) is 9.73 Å². The number of aromatic nitrogens is 1. The number of morpholine rings is 1. The molecule has 2 aromatic rings. The van der Waals surface area contributed by atoms with Gasteiger partial charge in [0, 0.05) is 56.6 Å². The molecule has 7 nitrogen and oxygen atoms in total. The molecule has 0 aliphatic carbocycles. The Morgan fingerprint density at radius 3 is 2.70 bits per heavy atom. The molecule has 0 amide bonds. The first kappa shape index (κ1) is 25.7. The fraction of sp³-hybridized carbons (Fsp3) is 0.520. The summed E-state index contributed by atoms with van der Waals surface area (Å²) in [4.78, 5) is 14.4. The summed E-state index contributed by atoms with van der Waals surface area (Å²) in [5, 5.41) is 7.10. The second-order valence-electron chi connectivity index (χ2n) is 8.62. The molecule has 8 heteroatoms. The molecule has 180 valence electrons. The van der Waals surface area contributed by atoms with E-state index in [0.29, 0.717) is 18.6 Å². The van der Waals surface area contributed by atoms with E-state index in [9.17, 15) is 0 Å². The highest BCUT2D eigenvalue weighted by molar-refractivity contribution is 14.0. The molecule has 2 N–H and O–H groups in total. The zero-order chi connectivity index (χ0) is 22.2. The Labute approximate surface area is 215 Å². The molecule has 0 bridgehead atoms. The first-order valence-corrected chi connectivity index (χ1v) is 11.8. The minimum absolute atomic E-state index is 0. The molecule has 4 rings (SSSR count). The Kier molecular flexibility index (Phi) is 10.2. The predicted octanol–water partition coefficient (Wildman–Crippen LogP) is 3.25.